The summed E-state index contributed by atoms with van der Waals surface area (Å²) in [6, 6.07) is 8.54. The molecule has 1 aromatic carbocycles. The van der Waals surface area contributed by atoms with Crippen LogP contribution in [0.4, 0.5) is 0 Å². The molecule has 0 N–H and O–H groups in total. The zero-order valence-electron chi connectivity index (χ0n) is 9.95. The van der Waals surface area contributed by atoms with Crippen LogP contribution in [0.2, 0.25) is 5.15 Å². The van der Waals surface area contributed by atoms with Crippen molar-refractivity contribution < 1.29 is 0 Å². The Morgan fingerprint density at radius 1 is 1.17 bits per heavy atom. The van der Waals surface area contributed by atoms with Gasteiger partial charge in [0.05, 0.1) is 10.2 Å². The van der Waals surface area contributed by atoms with Gasteiger partial charge in [-0.25, -0.2) is 9.97 Å². The molecule has 0 spiro atoms. The standard InChI is InChI=1S/C14H12BrClN2/c1-8-12(15)13(16)18-14(17-8)11-6-9-4-2-3-5-10(9)7-11/h2-5,11H,6-7H2,1H3. The van der Waals surface area contributed by atoms with Crippen molar-refractivity contribution in [3.05, 3.63) is 56.5 Å². The molecule has 0 unspecified atom stereocenters. The molecule has 0 aliphatic heterocycles. The van der Waals surface area contributed by atoms with E-state index in [4.69, 9.17) is 11.6 Å². The minimum absolute atomic E-state index is 0.353. The number of benzene rings is 1. The van der Waals surface area contributed by atoms with Crippen LogP contribution in [0, 0.1) is 6.92 Å². The lowest BCUT2D eigenvalue weighted by molar-refractivity contribution is 0.676. The van der Waals surface area contributed by atoms with E-state index in [9.17, 15) is 0 Å². The van der Waals surface area contributed by atoms with E-state index >= 15 is 0 Å². The number of aryl methyl sites for hydroxylation is 1. The Morgan fingerprint density at radius 3 is 2.33 bits per heavy atom. The fraction of sp³-hybridized carbons (Fsp3) is 0.286. The van der Waals surface area contributed by atoms with E-state index in [0.717, 1.165) is 28.8 Å². The van der Waals surface area contributed by atoms with Gasteiger partial charge in [-0.1, -0.05) is 35.9 Å². The zero-order chi connectivity index (χ0) is 12.7. The molecule has 0 bridgehead atoms. The fourth-order valence-corrected chi connectivity index (χ4v) is 2.87. The molecule has 92 valence electrons. The Hall–Kier alpha value is -0.930. The molecular weight excluding hydrogens is 312 g/mol. The van der Waals surface area contributed by atoms with E-state index in [0.29, 0.717) is 11.1 Å². The normalized spacial score (nSPS) is 14.8. The highest BCUT2D eigenvalue weighted by Crippen LogP contribution is 2.34. The molecule has 1 heterocycles. The van der Waals surface area contributed by atoms with Crippen molar-refractivity contribution in [2.45, 2.75) is 25.7 Å². The second-order valence-electron chi connectivity index (χ2n) is 4.65. The summed E-state index contributed by atoms with van der Waals surface area (Å²) in [7, 11) is 0. The Bertz CT molecular complexity index is 564. The van der Waals surface area contributed by atoms with Gasteiger partial charge in [0.2, 0.25) is 0 Å². The fourth-order valence-electron chi connectivity index (χ4n) is 2.47. The summed E-state index contributed by atoms with van der Waals surface area (Å²) in [6.07, 6.45) is 2.02. The molecule has 3 rings (SSSR count). The summed E-state index contributed by atoms with van der Waals surface area (Å²) in [4.78, 5) is 8.96. The van der Waals surface area contributed by atoms with Crippen LogP contribution in [0.5, 0.6) is 0 Å². The maximum atomic E-state index is 6.11. The zero-order valence-corrected chi connectivity index (χ0v) is 12.3. The molecule has 2 nitrogen and oxygen atoms in total. The molecule has 0 amide bonds. The molecule has 0 saturated carbocycles. The minimum Gasteiger partial charge on any atom is -0.237 e. The lowest BCUT2D eigenvalue weighted by Crippen LogP contribution is -2.06. The van der Waals surface area contributed by atoms with Crippen LogP contribution in [0.15, 0.2) is 28.7 Å². The van der Waals surface area contributed by atoms with E-state index in [-0.39, 0.29) is 0 Å². The Balaban J connectivity index is 1.95. The van der Waals surface area contributed by atoms with Gasteiger partial charge in [-0.15, -0.1) is 0 Å². The SMILES string of the molecule is Cc1nc(C2Cc3ccccc3C2)nc(Cl)c1Br. The molecule has 0 atom stereocenters. The molecule has 18 heavy (non-hydrogen) atoms. The van der Waals surface area contributed by atoms with E-state index in [2.05, 4.69) is 50.2 Å². The van der Waals surface area contributed by atoms with Gasteiger partial charge in [0.15, 0.2) is 0 Å². The molecular formula is C14H12BrClN2. The van der Waals surface area contributed by atoms with Gasteiger partial charge in [0.25, 0.3) is 0 Å². The number of fused-ring (bicyclic) bond motifs is 1. The van der Waals surface area contributed by atoms with E-state index < -0.39 is 0 Å². The van der Waals surface area contributed by atoms with E-state index in [1.165, 1.54) is 11.1 Å². The molecule has 2 aromatic rings. The van der Waals surface area contributed by atoms with Crippen LogP contribution in [0.3, 0.4) is 0 Å². The molecule has 0 fully saturated rings. The first-order valence-corrected chi connectivity index (χ1v) is 7.08. The summed E-state index contributed by atoms with van der Waals surface area (Å²) >= 11 is 9.50. The van der Waals surface area contributed by atoms with Crippen LogP contribution >= 0.6 is 27.5 Å². The second kappa shape index (κ2) is 4.63. The average Bonchev–Trinajstić information content (AvgIpc) is 2.79. The largest absolute Gasteiger partial charge is 0.237 e. The van der Waals surface area contributed by atoms with Gasteiger partial charge in [-0.3, -0.25) is 0 Å². The number of hydrogen-bond donors (Lipinski definition) is 0. The quantitative estimate of drug-likeness (QED) is 0.739. The highest BCUT2D eigenvalue weighted by molar-refractivity contribution is 9.10. The molecule has 1 aliphatic carbocycles. The van der Waals surface area contributed by atoms with Gasteiger partial charge in [0.1, 0.15) is 11.0 Å². The predicted molar refractivity (Wildman–Crippen MR) is 76.1 cm³/mol. The Labute approximate surface area is 120 Å². The maximum absolute atomic E-state index is 6.11. The molecule has 1 aromatic heterocycles. The third kappa shape index (κ3) is 2.06. The van der Waals surface area contributed by atoms with Gasteiger partial charge in [0, 0.05) is 5.92 Å². The van der Waals surface area contributed by atoms with Crippen LogP contribution < -0.4 is 0 Å². The average molecular weight is 324 g/mol. The minimum atomic E-state index is 0.353. The number of hydrogen-bond acceptors (Lipinski definition) is 2. The summed E-state index contributed by atoms with van der Waals surface area (Å²) in [5, 5.41) is 0.508. The monoisotopic (exact) mass is 322 g/mol. The summed E-state index contributed by atoms with van der Waals surface area (Å²) in [5.41, 5.74) is 3.71. The maximum Gasteiger partial charge on any atom is 0.147 e. The highest BCUT2D eigenvalue weighted by Gasteiger charge is 2.25. The molecule has 4 heteroatoms. The number of halogens is 2. The van der Waals surface area contributed by atoms with Gasteiger partial charge >= 0.3 is 0 Å². The van der Waals surface area contributed by atoms with E-state index in [1.54, 1.807) is 0 Å². The number of rotatable bonds is 1. The number of nitrogens with zero attached hydrogens (tertiary/aromatic N) is 2. The lowest BCUT2D eigenvalue weighted by atomic mass is 10.1. The Kier molecular flexibility index (Phi) is 3.12. The van der Waals surface area contributed by atoms with Crippen LogP contribution in [0.25, 0.3) is 0 Å². The first-order valence-electron chi connectivity index (χ1n) is 5.91. The molecule has 0 radical (unpaired) electrons. The van der Waals surface area contributed by atoms with Crippen molar-refractivity contribution in [3.8, 4) is 0 Å². The van der Waals surface area contributed by atoms with Crippen molar-refractivity contribution in [3.63, 3.8) is 0 Å². The lowest BCUT2D eigenvalue weighted by Gasteiger charge is -2.10. The van der Waals surface area contributed by atoms with Gasteiger partial charge in [-0.2, -0.15) is 0 Å². The van der Waals surface area contributed by atoms with Crippen LogP contribution in [-0.4, -0.2) is 9.97 Å². The summed E-state index contributed by atoms with van der Waals surface area (Å²) < 4.78 is 0.795. The summed E-state index contributed by atoms with van der Waals surface area (Å²) in [5.74, 6) is 1.21. The molecule has 1 aliphatic rings. The van der Waals surface area contributed by atoms with Crippen molar-refractivity contribution in [1.29, 1.82) is 0 Å². The topological polar surface area (TPSA) is 25.8 Å². The first-order chi connectivity index (χ1) is 8.65. The van der Waals surface area contributed by atoms with Crippen molar-refractivity contribution in [2.24, 2.45) is 0 Å². The second-order valence-corrected chi connectivity index (χ2v) is 5.80. The van der Waals surface area contributed by atoms with Crippen LogP contribution in [0.1, 0.15) is 28.6 Å². The smallest absolute Gasteiger partial charge is 0.147 e. The number of aromatic nitrogens is 2. The Morgan fingerprint density at radius 2 is 1.78 bits per heavy atom. The van der Waals surface area contributed by atoms with E-state index in [1.807, 2.05) is 6.92 Å². The van der Waals surface area contributed by atoms with Crippen molar-refractivity contribution in [2.75, 3.05) is 0 Å². The summed E-state index contributed by atoms with van der Waals surface area (Å²) in [6.45, 7) is 1.95. The third-order valence-electron chi connectivity index (χ3n) is 3.41. The van der Waals surface area contributed by atoms with Gasteiger partial charge in [-0.05, 0) is 46.8 Å². The van der Waals surface area contributed by atoms with Gasteiger partial charge < -0.3 is 0 Å². The van der Waals surface area contributed by atoms with Crippen molar-refractivity contribution >= 4 is 27.5 Å². The molecule has 0 saturated heterocycles. The first kappa shape index (κ1) is 12.1. The predicted octanol–water partition coefficient (Wildman–Crippen LogP) is 4.08. The van der Waals surface area contributed by atoms with Crippen LogP contribution in [-0.2, 0) is 12.8 Å². The third-order valence-corrected chi connectivity index (χ3v) is 4.86. The highest BCUT2D eigenvalue weighted by atomic mass is 79.9. The van der Waals surface area contributed by atoms with Crippen molar-refractivity contribution in [1.82, 2.24) is 9.97 Å².